The lowest BCUT2D eigenvalue weighted by molar-refractivity contribution is -0.118. The van der Waals surface area contributed by atoms with Gasteiger partial charge in [0.15, 0.2) is 5.43 Å². The number of H-pyrrole nitrogens is 1. The Balaban J connectivity index is 1.53. The number of ketones is 1. The third-order valence-corrected chi connectivity index (χ3v) is 6.26. The molecule has 0 bridgehead atoms. The first-order valence-electron chi connectivity index (χ1n) is 11.8. The first kappa shape index (κ1) is 23.6. The van der Waals surface area contributed by atoms with Crippen LogP contribution >= 0.6 is 11.6 Å². The van der Waals surface area contributed by atoms with E-state index < -0.39 is 0 Å². The van der Waals surface area contributed by atoms with Gasteiger partial charge in [0.25, 0.3) is 0 Å². The Labute approximate surface area is 213 Å². The molecule has 0 radical (unpaired) electrons. The molecule has 5 rings (SSSR count). The molecular formula is C30H24ClN3O2. The van der Waals surface area contributed by atoms with E-state index in [0.717, 1.165) is 33.6 Å². The normalized spacial score (nSPS) is 11.1. The van der Waals surface area contributed by atoms with Crippen LogP contribution in [0.3, 0.4) is 0 Å². The molecule has 0 saturated heterocycles. The number of rotatable bonds is 7. The van der Waals surface area contributed by atoms with E-state index in [1.807, 2.05) is 79.7 Å². The Hall–Kier alpha value is -4.09. The largest absolute Gasteiger partial charge is 0.343 e. The van der Waals surface area contributed by atoms with Crippen LogP contribution in [0, 0.1) is 6.92 Å². The van der Waals surface area contributed by atoms with Gasteiger partial charge in [-0.3, -0.25) is 9.59 Å². The van der Waals surface area contributed by atoms with Crippen molar-refractivity contribution < 1.29 is 4.79 Å². The summed E-state index contributed by atoms with van der Waals surface area (Å²) in [5.41, 5.74) is 6.11. The van der Waals surface area contributed by atoms with Crippen LogP contribution in [0.15, 0.2) is 89.7 Å². The molecule has 0 unspecified atom stereocenters. The summed E-state index contributed by atoms with van der Waals surface area (Å²) in [6, 6.07) is 26.6. The molecule has 5 nitrogen and oxygen atoms in total. The highest BCUT2D eigenvalue weighted by Crippen LogP contribution is 2.33. The fraction of sp³-hybridized carbons (Fsp3) is 0.133. The summed E-state index contributed by atoms with van der Waals surface area (Å²) in [6.45, 7) is 1.88. The van der Waals surface area contributed by atoms with E-state index in [2.05, 4.69) is 9.97 Å². The number of benzene rings is 2. The van der Waals surface area contributed by atoms with Gasteiger partial charge < -0.3 is 4.98 Å². The Kier molecular flexibility index (Phi) is 6.74. The summed E-state index contributed by atoms with van der Waals surface area (Å²) in [4.78, 5) is 38.1. The van der Waals surface area contributed by atoms with E-state index in [1.54, 1.807) is 12.1 Å². The van der Waals surface area contributed by atoms with Crippen LogP contribution in [-0.4, -0.2) is 20.7 Å². The number of carbonyl (C=O) groups is 1. The van der Waals surface area contributed by atoms with Gasteiger partial charge in [-0.1, -0.05) is 72.3 Å². The highest BCUT2D eigenvalue weighted by atomic mass is 35.5. The lowest BCUT2D eigenvalue weighted by Crippen LogP contribution is -2.10. The topological polar surface area (TPSA) is 75.7 Å². The minimum atomic E-state index is -0.139. The third-order valence-electron chi connectivity index (χ3n) is 6.07. The van der Waals surface area contributed by atoms with Gasteiger partial charge in [-0.05, 0) is 42.7 Å². The number of carbonyl (C=O) groups excluding carboxylic acids is 1. The van der Waals surface area contributed by atoms with Gasteiger partial charge in [0.05, 0.1) is 11.1 Å². The fourth-order valence-corrected chi connectivity index (χ4v) is 4.61. The SMILES string of the molecule is Cc1cc(-c2cc3c(=O)cc(CCC(=O)Cc4ccccc4)[nH]c3nc2-c2ccccc2)cc(Cl)n1. The highest BCUT2D eigenvalue weighted by molar-refractivity contribution is 6.29. The molecule has 0 spiro atoms. The molecule has 6 heteroatoms. The lowest BCUT2D eigenvalue weighted by Gasteiger charge is -2.13. The number of halogens is 1. The molecule has 0 fully saturated rings. The minimum absolute atomic E-state index is 0.125. The van der Waals surface area contributed by atoms with E-state index in [1.165, 1.54) is 0 Å². The molecule has 36 heavy (non-hydrogen) atoms. The second-order valence-electron chi connectivity index (χ2n) is 8.83. The number of Topliss-reactive ketones (excluding diaryl/α,β-unsaturated/α-hetero) is 1. The number of aromatic nitrogens is 3. The zero-order valence-electron chi connectivity index (χ0n) is 19.8. The monoisotopic (exact) mass is 493 g/mol. The molecular weight excluding hydrogens is 470 g/mol. The first-order valence-corrected chi connectivity index (χ1v) is 12.2. The van der Waals surface area contributed by atoms with Crippen molar-refractivity contribution in [1.29, 1.82) is 0 Å². The van der Waals surface area contributed by atoms with E-state index in [9.17, 15) is 9.59 Å². The molecule has 178 valence electrons. The van der Waals surface area contributed by atoms with Gasteiger partial charge in [0.2, 0.25) is 0 Å². The average Bonchev–Trinajstić information content (AvgIpc) is 2.87. The zero-order chi connectivity index (χ0) is 25.1. The molecule has 3 heterocycles. The molecule has 0 aliphatic rings. The minimum Gasteiger partial charge on any atom is -0.343 e. The highest BCUT2D eigenvalue weighted by Gasteiger charge is 2.15. The van der Waals surface area contributed by atoms with Crippen molar-refractivity contribution >= 4 is 28.4 Å². The third kappa shape index (κ3) is 5.26. The smallest absolute Gasteiger partial charge is 0.191 e. The molecule has 0 aliphatic heterocycles. The number of pyridine rings is 3. The molecule has 5 aromatic rings. The predicted octanol–water partition coefficient (Wildman–Crippen LogP) is 6.36. The number of fused-ring (bicyclic) bond motifs is 1. The standard InChI is InChI=1S/C30H24ClN3O2/c1-19-14-22(16-28(31)32-19)25-18-26-27(36)17-23(12-13-24(35)15-20-8-4-2-5-9-20)33-30(26)34-29(25)21-10-6-3-7-11-21/h2-11,14,16-18H,12-13,15H2,1H3,(H,33,34,36). The van der Waals surface area contributed by atoms with Gasteiger partial charge in [-0.25, -0.2) is 9.97 Å². The maximum atomic E-state index is 13.1. The van der Waals surface area contributed by atoms with Crippen molar-refractivity contribution in [3.05, 3.63) is 117 Å². The van der Waals surface area contributed by atoms with E-state index in [4.69, 9.17) is 16.6 Å². The average molecular weight is 494 g/mol. The van der Waals surface area contributed by atoms with Crippen LogP contribution < -0.4 is 5.43 Å². The van der Waals surface area contributed by atoms with Crippen LogP contribution in [0.4, 0.5) is 0 Å². The lowest BCUT2D eigenvalue weighted by atomic mass is 9.98. The second-order valence-corrected chi connectivity index (χ2v) is 9.21. The zero-order valence-corrected chi connectivity index (χ0v) is 20.5. The van der Waals surface area contributed by atoms with Crippen molar-refractivity contribution in [2.24, 2.45) is 0 Å². The van der Waals surface area contributed by atoms with E-state index >= 15 is 0 Å². The molecule has 0 atom stereocenters. The van der Waals surface area contributed by atoms with E-state index in [-0.39, 0.29) is 11.2 Å². The van der Waals surface area contributed by atoms with Crippen LogP contribution in [0.5, 0.6) is 0 Å². The van der Waals surface area contributed by atoms with Crippen molar-refractivity contribution in [2.75, 3.05) is 0 Å². The Morgan fingerprint density at radius 1 is 0.889 bits per heavy atom. The number of aromatic amines is 1. The van der Waals surface area contributed by atoms with Crippen molar-refractivity contribution in [1.82, 2.24) is 15.0 Å². The number of hydrogen-bond acceptors (Lipinski definition) is 4. The van der Waals surface area contributed by atoms with Gasteiger partial charge in [0.1, 0.15) is 16.6 Å². The van der Waals surface area contributed by atoms with Crippen molar-refractivity contribution in [3.8, 4) is 22.4 Å². The first-order chi connectivity index (χ1) is 17.5. The Morgan fingerprint density at radius 3 is 2.33 bits per heavy atom. The van der Waals surface area contributed by atoms with Gasteiger partial charge >= 0.3 is 0 Å². The van der Waals surface area contributed by atoms with Crippen molar-refractivity contribution in [2.45, 2.75) is 26.2 Å². The van der Waals surface area contributed by atoms with Crippen molar-refractivity contribution in [3.63, 3.8) is 0 Å². The molecule has 1 N–H and O–H groups in total. The van der Waals surface area contributed by atoms with Crippen LogP contribution in [0.25, 0.3) is 33.4 Å². The van der Waals surface area contributed by atoms with Crippen LogP contribution in [-0.2, 0) is 17.6 Å². The number of nitrogens with one attached hydrogen (secondary N) is 1. The van der Waals surface area contributed by atoms with Crippen LogP contribution in [0.2, 0.25) is 5.15 Å². The fourth-order valence-electron chi connectivity index (χ4n) is 4.36. The number of nitrogens with zero attached hydrogens (tertiary/aromatic N) is 2. The summed E-state index contributed by atoms with van der Waals surface area (Å²) < 4.78 is 0. The Morgan fingerprint density at radius 2 is 1.61 bits per heavy atom. The molecule has 0 amide bonds. The summed E-state index contributed by atoms with van der Waals surface area (Å²) >= 11 is 6.25. The van der Waals surface area contributed by atoms with Gasteiger partial charge in [0, 0.05) is 41.4 Å². The molecule has 0 saturated carbocycles. The second kappa shape index (κ2) is 10.3. The predicted molar refractivity (Wildman–Crippen MR) is 144 cm³/mol. The summed E-state index contributed by atoms with van der Waals surface area (Å²) in [6.07, 6.45) is 1.17. The quantitative estimate of drug-likeness (QED) is 0.268. The number of hydrogen-bond donors (Lipinski definition) is 1. The molecule has 0 aliphatic carbocycles. The van der Waals surface area contributed by atoms with Crippen LogP contribution in [0.1, 0.15) is 23.4 Å². The molecule has 2 aromatic carbocycles. The Bertz CT molecular complexity index is 1590. The summed E-state index contributed by atoms with van der Waals surface area (Å²) in [7, 11) is 0. The van der Waals surface area contributed by atoms with Gasteiger partial charge in [-0.15, -0.1) is 0 Å². The molecule has 3 aromatic heterocycles. The maximum Gasteiger partial charge on any atom is 0.191 e. The summed E-state index contributed by atoms with van der Waals surface area (Å²) in [5.74, 6) is 0.125. The van der Waals surface area contributed by atoms with E-state index in [0.29, 0.717) is 41.1 Å². The maximum absolute atomic E-state index is 13.1. The number of aryl methyl sites for hydroxylation is 2. The van der Waals surface area contributed by atoms with Gasteiger partial charge in [-0.2, -0.15) is 0 Å². The summed E-state index contributed by atoms with van der Waals surface area (Å²) in [5, 5.41) is 0.864.